The van der Waals surface area contributed by atoms with Crippen LogP contribution in [0.4, 0.5) is 4.79 Å². The molecule has 3 rings (SSSR count). The lowest BCUT2D eigenvalue weighted by molar-refractivity contribution is -0.127. The molecule has 2 heterocycles. The Hall–Kier alpha value is -2.50. The zero-order valence-corrected chi connectivity index (χ0v) is 14.5. The fraction of sp³-hybridized carbons (Fsp3) is 0.444. The second-order valence-corrected chi connectivity index (χ2v) is 6.23. The number of rotatable bonds is 4. The molecule has 128 valence electrons. The summed E-state index contributed by atoms with van der Waals surface area (Å²) in [5.41, 5.74) is 2.22. The van der Waals surface area contributed by atoms with E-state index in [0.717, 1.165) is 17.7 Å². The molecule has 6 nitrogen and oxygen atoms in total. The van der Waals surface area contributed by atoms with E-state index < -0.39 is 6.04 Å². The Morgan fingerprint density at radius 2 is 2.04 bits per heavy atom. The van der Waals surface area contributed by atoms with Gasteiger partial charge < -0.3 is 15.0 Å². The van der Waals surface area contributed by atoms with Crippen molar-refractivity contribution in [3.63, 3.8) is 0 Å². The van der Waals surface area contributed by atoms with Crippen molar-refractivity contribution >= 4 is 11.9 Å². The van der Waals surface area contributed by atoms with Crippen molar-refractivity contribution in [2.24, 2.45) is 0 Å². The molecule has 0 bridgehead atoms. The monoisotopic (exact) mass is 329 g/mol. The molecule has 1 aromatic carbocycles. The number of benzene rings is 1. The average Bonchev–Trinajstić information content (AvgIpc) is 2.95. The third-order valence-electron chi connectivity index (χ3n) is 4.96. The van der Waals surface area contributed by atoms with Gasteiger partial charge in [-0.25, -0.2) is 4.79 Å². The molecule has 0 unspecified atom stereocenters. The fourth-order valence-corrected chi connectivity index (χ4v) is 3.30. The van der Waals surface area contributed by atoms with Gasteiger partial charge in [-0.1, -0.05) is 25.1 Å². The summed E-state index contributed by atoms with van der Waals surface area (Å²) < 4.78 is 5.43. The molecule has 2 aliphatic rings. The van der Waals surface area contributed by atoms with Gasteiger partial charge in [0.15, 0.2) is 0 Å². The van der Waals surface area contributed by atoms with E-state index in [1.807, 2.05) is 36.1 Å². The van der Waals surface area contributed by atoms with Crippen molar-refractivity contribution in [1.82, 2.24) is 15.1 Å². The highest BCUT2D eigenvalue weighted by molar-refractivity contribution is 6.01. The lowest BCUT2D eigenvalue weighted by atomic mass is 9.95. The molecule has 0 radical (unpaired) electrons. The van der Waals surface area contributed by atoms with Crippen molar-refractivity contribution in [1.29, 1.82) is 0 Å². The normalized spacial score (nSPS) is 21.8. The summed E-state index contributed by atoms with van der Waals surface area (Å²) >= 11 is 0. The number of methoxy groups -OCH3 is 1. The highest BCUT2D eigenvalue weighted by Crippen LogP contribution is 2.39. The van der Waals surface area contributed by atoms with Crippen molar-refractivity contribution in [3.8, 4) is 5.75 Å². The molecule has 2 aliphatic heterocycles. The van der Waals surface area contributed by atoms with Gasteiger partial charge in [-0.3, -0.25) is 9.69 Å². The van der Waals surface area contributed by atoms with Gasteiger partial charge in [0.1, 0.15) is 5.75 Å². The molecule has 0 aliphatic carbocycles. The zero-order chi connectivity index (χ0) is 17.4. The molecule has 0 spiro atoms. The molecule has 0 aromatic heterocycles. The predicted molar refractivity (Wildman–Crippen MR) is 90.5 cm³/mol. The van der Waals surface area contributed by atoms with E-state index >= 15 is 0 Å². The van der Waals surface area contributed by atoms with E-state index in [2.05, 4.69) is 12.2 Å². The van der Waals surface area contributed by atoms with Gasteiger partial charge in [-0.15, -0.1) is 0 Å². The van der Waals surface area contributed by atoms with Crippen LogP contribution in [0.1, 0.15) is 31.9 Å². The summed E-state index contributed by atoms with van der Waals surface area (Å²) in [6.07, 6.45) is 0.872. The summed E-state index contributed by atoms with van der Waals surface area (Å²) in [4.78, 5) is 28.8. The van der Waals surface area contributed by atoms with Crippen LogP contribution < -0.4 is 10.1 Å². The van der Waals surface area contributed by atoms with Gasteiger partial charge in [0.25, 0.3) is 5.91 Å². The van der Waals surface area contributed by atoms with Crippen LogP contribution >= 0.6 is 0 Å². The molecule has 2 atom stereocenters. The number of nitrogens with zero attached hydrogens (tertiary/aromatic N) is 2. The maximum Gasteiger partial charge on any atom is 0.322 e. The Morgan fingerprint density at radius 3 is 2.71 bits per heavy atom. The number of amides is 3. The molecule has 6 heteroatoms. The van der Waals surface area contributed by atoms with Gasteiger partial charge in [0.05, 0.1) is 31.0 Å². The van der Waals surface area contributed by atoms with E-state index in [-0.39, 0.29) is 18.0 Å². The number of para-hydroxylation sites is 1. The van der Waals surface area contributed by atoms with E-state index in [0.29, 0.717) is 17.9 Å². The predicted octanol–water partition coefficient (Wildman–Crippen LogP) is 2.29. The molecule has 1 N–H and O–H groups in total. The standard InChI is InChI=1S/C18H23N3O3/c1-5-11(2)21-10-13-15(17(21)22)16(19-18(23)20(13)3)12-8-6-7-9-14(12)24-4/h6-9,11,16H,5,10H2,1-4H3,(H,19,23)/t11-,16+/m1/s1. The summed E-state index contributed by atoms with van der Waals surface area (Å²) in [6, 6.07) is 6.92. The number of ether oxygens (including phenoxy) is 1. The summed E-state index contributed by atoms with van der Waals surface area (Å²) in [5.74, 6) is 0.649. The Labute approximate surface area is 142 Å². The van der Waals surface area contributed by atoms with Crippen molar-refractivity contribution in [3.05, 3.63) is 41.1 Å². The highest BCUT2D eigenvalue weighted by Gasteiger charge is 2.44. The van der Waals surface area contributed by atoms with Crippen LogP contribution in [0.25, 0.3) is 0 Å². The first kappa shape index (κ1) is 16.4. The Balaban J connectivity index is 2.08. The average molecular weight is 329 g/mol. The third-order valence-corrected chi connectivity index (χ3v) is 4.96. The van der Waals surface area contributed by atoms with Gasteiger partial charge in [-0.05, 0) is 19.4 Å². The molecule has 0 saturated heterocycles. The largest absolute Gasteiger partial charge is 0.496 e. The second kappa shape index (κ2) is 6.19. The van der Waals surface area contributed by atoms with Gasteiger partial charge >= 0.3 is 6.03 Å². The van der Waals surface area contributed by atoms with Gasteiger partial charge in [0, 0.05) is 18.7 Å². The smallest absolute Gasteiger partial charge is 0.322 e. The first-order valence-corrected chi connectivity index (χ1v) is 8.20. The topological polar surface area (TPSA) is 61.9 Å². The SMILES string of the molecule is CC[C@@H](C)N1CC2=C(C1=O)[C@H](c1ccccc1OC)NC(=O)N2C. The lowest BCUT2D eigenvalue weighted by Gasteiger charge is -2.31. The number of hydrogen-bond donors (Lipinski definition) is 1. The molecule has 1 aromatic rings. The first-order chi connectivity index (χ1) is 11.5. The van der Waals surface area contributed by atoms with Crippen LogP contribution in [0.15, 0.2) is 35.5 Å². The zero-order valence-electron chi connectivity index (χ0n) is 14.5. The van der Waals surface area contributed by atoms with Crippen LogP contribution in [0, 0.1) is 0 Å². The minimum absolute atomic E-state index is 0.0119. The highest BCUT2D eigenvalue weighted by atomic mass is 16.5. The van der Waals surface area contributed by atoms with E-state index in [4.69, 9.17) is 4.74 Å². The molecular weight excluding hydrogens is 306 g/mol. The lowest BCUT2D eigenvalue weighted by Crippen LogP contribution is -2.45. The van der Waals surface area contributed by atoms with E-state index in [1.54, 1.807) is 19.1 Å². The number of nitrogens with one attached hydrogen (secondary N) is 1. The minimum atomic E-state index is -0.485. The summed E-state index contributed by atoms with van der Waals surface area (Å²) in [6.45, 7) is 4.56. The van der Waals surface area contributed by atoms with Crippen molar-refractivity contribution < 1.29 is 14.3 Å². The summed E-state index contributed by atoms with van der Waals surface area (Å²) in [5, 5.41) is 2.94. The maximum absolute atomic E-state index is 13.0. The number of likely N-dealkylation sites (N-methyl/N-ethyl adjacent to an activating group) is 1. The quantitative estimate of drug-likeness (QED) is 0.922. The van der Waals surface area contributed by atoms with Crippen LogP contribution in [-0.4, -0.2) is 48.5 Å². The van der Waals surface area contributed by atoms with Crippen molar-refractivity contribution in [2.75, 3.05) is 20.7 Å². The molecule has 0 saturated carbocycles. The van der Waals surface area contributed by atoms with E-state index in [1.165, 1.54) is 0 Å². The van der Waals surface area contributed by atoms with Crippen LogP contribution in [-0.2, 0) is 4.79 Å². The number of hydrogen-bond acceptors (Lipinski definition) is 3. The Kier molecular flexibility index (Phi) is 4.22. The minimum Gasteiger partial charge on any atom is -0.496 e. The van der Waals surface area contributed by atoms with Crippen molar-refractivity contribution in [2.45, 2.75) is 32.4 Å². The molecule has 24 heavy (non-hydrogen) atoms. The van der Waals surface area contributed by atoms with E-state index in [9.17, 15) is 9.59 Å². The summed E-state index contributed by atoms with van der Waals surface area (Å²) in [7, 11) is 3.29. The van der Waals surface area contributed by atoms with Crippen LogP contribution in [0.2, 0.25) is 0 Å². The third kappa shape index (κ3) is 2.42. The maximum atomic E-state index is 13.0. The van der Waals surface area contributed by atoms with Gasteiger partial charge in [-0.2, -0.15) is 0 Å². The second-order valence-electron chi connectivity index (χ2n) is 6.23. The van der Waals surface area contributed by atoms with Crippen LogP contribution in [0.5, 0.6) is 5.75 Å². The first-order valence-electron chi connectivity index (χ1n) is 8.20. The molecule has 3 amide bonds. The Morgan fingerprint density at radius 1 is 1.33 bits per heavy atom. The van der Waals surface area contributed by atoms with Crippen LogP contribution in [0.3, 0.4) is 0 Å². The Bertz CT molecular complexity index is 713. The molecular formula is C18H23N3O3. The number of carbonyl (C=O) groups is 2. The number of urea groups is 1. The number of carbonyl (C=O) groups excluding carboxylic acids is 2. The fourth-order valence-electron chi connectivity index (χ4n) is 3.30. The molecule has 0 fully saturated rings. The van der Waals surface area contributed by atoms with Gasteiger partial charge in [0.2, 0.25) is 0 Å².